The van der Waals surface area contributed by atoms with Crippen LogP contribution in [0.25, 0.3) is 11.1 Å². The van der Waals surface area contributed by atoms with E-state index in [1.165, 1.54) is 31.3 Å². The summed E-state index contributed by atoms with van der Waals surface area (Å²) in [6, 6.07) is 16.0. The summed E-state index contributed by atoms with van der Waals surface area (Å²) < 4.78 is 14.4. The number of rotatable bonds is 3. The molecule has 0 aliphatic carbocycles. The standard InChI is InChI=1S/C18H14FN3O2/c1-22-17(23)10-9-16(21-22)18(24)20-15-7-5-12(6-8-15)13-3-2-4-14(19)11-13/h2-11H,1H3,(H,20,24). The number of nitrogens with zero attached hydrogens (tertiary/aromatic N) is 2. The maximum Gasteiger partial charge on any atom is 0.276 e. The minimum absolute atomic E-state index is 0.145. The molecule has 0 unspecified atom stereocenters. The molecule has 0 aliphatic heterocycles. The minimum Gasteiger partial charge on any atom is -0.321 e. The van der Waals surface area contributed by atoms with Gasteiger partial charge in [0.05, 0.1) is 0 Å². The molecular weight excluding hydrogens is 309 g/mol. The number of hydrogen-bond acceptors (Lipinski definition) is 3. The zero-order valence-electron chi connectivity index (χ0n) is 12.9. The molecule has 0 saturated carbocycles. The first-order valence-electron chi connectivity index (χ1n) is 7.25. The molecule has 0 bridgehead atoms. The zero-order chi connectivity index (χ0) is 17.1. The first kappa shape index (κ1) is 15.6. The molecule has 1 heterocycles. The normalized spacial score (nSPS) is 10.4. The van der Waals surface area contributed by atoms with E-state index < -0.39 is 5.91 Å². The Kier molecular flexibility index (Phi) is 4.20. The number of aromatic nitrogens is 2. The van der Waals surface area contributed by atoms with Crippen LogP contribution < -0.4 is 10.9 Å². The van der Waals surface area contributed by atoms with Crippen LogP contribution in [0.5, 0.6) is 0 Å². The van der Waals surface area contributed by atoms with E-state index in [0.717, 1.165) is 15.8 Å². The average molecular weight is 323 g/mol. The van der Waals surface area contributed by atoms with E-state index in [1.54, 1.807) is 30.3 Å². The number of amides is 1. The van der Waals surface area contributed by atoms with Crippen LogP contribution in [0.1, 0.15) is 10.5 Å². The zero-order valence-corrected chi connectivity index (χ0v) is 12.9. The van der Waals surface area contributed by atoms with Crippen LogP contribution in [-0.4, -0.2) is 15.7 Å². The molecule has 1 amide bonds. The molecule has 0 radical (unpaired) electrons. The molecule has 3 aromatic rings. The van der Waals surface area contributed by atoms with Gasteiger partial charge < -0.3 is 5.32 Å². The average Bonchev–Trinajstić information content (AvgIpc) is 2.58. The third-order valence-electron chi connectivity index (χ3n) is 3.49. The van der Waals surface area contributed by atoms with Crippen molar-refractivity contribution in [2.24, 2.45) is 7.05 Å². The van der Waals surface area contributed by atoms with Gasteiger partial charge in [0.2, 0.25) is 0 Å². The molecule has 2 aromatic carbocycles. The highest BCUT2D eigenvalue weighted by molar-refractivity contribution is 6.02. The van der Waals surface area contributed by atoms with Crippen molar-refractivity contribution in [2.45, 2.75) is 0 Å². The number of carbonyl (C=O) groups excluding carboxylic acids is 1. The number of anilines is 1. The lowest BCUT2D eigenvalue weighted by Gasteiger charge is -2.07. The molecule has 1 N–H and O–H groups in total. The number of hydrogen-bond donors (Lipinski definition) is 1. The molecule has 120 valence electrons. The molecule has 3 rings (SSSR count). The van der Waals surface area contributed by atoms with Crippen molar-refractivity contribution in [2.75, 3.05) is 5.32 Å². The predicted molar refractivity (Wildman–Crippen MR) is 89.3 cm³/mol. The lowest BCUT2D eigenvalue weighted by molar-refractivity contribution is 0.102. The Labute approximate surface area is 137 Å². The molecule has 0 atom stereocenters. The van der Waals surface area contributed by atoms with E-state index in [0.29, 0.717) is 5.69 Å². The molecule has 6 heteroatoms. The lowest BCUT2D eigenvalue weighted by atomic mass is 10.1. The van der Waals surface area contributed by atoms with Gasteiger partial charge in [0, 0.05) is 18.8 Å². The van der Waals surface area contributed by atoms with Gasteiger partial charge in [-0.2, -0.15) is 5.10 Å². The highest BCUT2D eigenvalue weighted by Crippen LogP contribution is 2.22. The summed E-state index contributed by atoms with van der Waals surface area (Å²) in [6.45, 7) is 0. The minimum atomic E-state index is -0.413. The molecule has 0 spiro atoms. The van der Waals surface area contributed by atoms with E-state index in [1.807, 2.05) is 6.07 Å². The second kappa shape index (κ2) is 6.45. The van der Waals surface area contributed by atoms with Gasteiger partial charge in [0.15, 0.2) is 0 Å². The summed E-state index contributed by atoms with van der Waals surface area (Å²) in [5.41, 5.74) is 2.04. The number of aryl methyl sites for hydroxylation is 1. The van der Waals surface area contributed by atoms with Gasteiger partial charge in [-0.25, -0.2) is 9.07 Å². The van der Waals surface area contributed by atoms with E-state index in [9.17, 15) is 14.0 Å². The van der Waals surface area contributed by atoms with Gasteiger partial charge in [-0.05, 0) is 41.5 Å². The molecule has 0 saturated heterocycles. The number of nitrogens with one attached hydrogen (secondary N) is 1. The van der Waals surface area contributed by atoms with Crippen molar-refractivity contribution in [3.05, 3.63) is 82.5 Å². The third-order valence-corrected chi connectivity index (χ3v) is 3.49. The van der Waals surface area contributed by atoms with Crippen LogP contribution >= 0.6 is 0 Å². The number of carbonyl (C=O) groups is 1. The van der Waals surface area contributed by atoms with Gasteiger partial charge in [0.25, 0.3) is 11.5 Å². The lowest BCUT2D eigenvalue weighted by Crippen LogP contribution is -2.23. The van der Waals surface area contributed by atoms with Gasteiger partial charge in [-0.15, -0.1) is 0 Å². The van der Waals surface area contributed by atoms with Crippen LogP contribution in [0.2, 0.25) is 0 Å². The molecule has 24 heavy (non-hydrogen) atoms. The van der Waals surface area contributed by atoms with Crippen LogP contribution in [-0.2, 0) is 7.05 Å². The Morgan fingerprint density at radius 2 is 1.79 bits per heavy atom. The molecule has 5 nitrogen and oxygen atoms in total. The van der Waals surface area contributed by atoms with E-state index >= 15 is 0 Å². The Balaban J connectivity index is 1.77. The molecule has 0 fully saturated rings. The largest absolute Gasteiger partial charge is 0.321 e. The second-order valence-corrected chi connectivity index (χ2v) is 5.22. The first-order chi connectivity index (χ1) is 11.5. The van der Waals surface area contributed by atoms with E-state index in [4.69, 9.17) is 0 Å². The smallest absolute Gasteiger partial charge is 0.276 e. The molecule has 0 aliphatic rings. The summed E-state index contributed by atoms with van der Waals surface area (Å²) in [4.78, 5) is 23.4. The summed E-state index contributed by atoms with van der Waals surface area (Å²) in [6.07, 6.45) is 0. The predicted octanol–water partition coefficient (Wildman–Crippen LogP) is 2.84. The highest BCUT2D eigenvalue weighted by Gasteiger charge is 2.09. The maximum absolute atomic E-state index is 13.3. The highest BCUT2D eigenvalue weighted by atomic mass is 19.1. The summed E-state index contributed by atoms with van der Waals surface area (Å²) in [7, 11) is 1.48. The van der Waals surface area contributed by atoms with E-state index in [-0.39, 0.29) is 17.1 Å². The van der Waals surface area contributed by atoms with E-state index in [2.05, 4.69) is 10.4 Å². The summed E-state index contributed by atoms with van der Waals surface area (Å²) >= 11 is 0. The van der Waals surface area contributed by atoms with Crippen LogP contribution in [0.3, 0.4) is 0 Å². The fourth-order valence-corrected chi connectivity index (χ4v) is 2.23. The fraction of sp³-hybridized carbons (Fsp3) is 0.0556. The summed E-state index contributed by atoms with van der Waals surface area (Å²) in [5.74, 6) is -0.713. The third kappa shape index (κ3) is 3.38. The molecular formula is C18H14FN3O2. The SMILES string of the molecule is Cn1nc(C(=O)Nc2ccc(-c3cccc(F)c3)cc2)ccc1=O. The topological polar surface area (TPSA) is 64.0 Å². The van der Waals surface area contributed by atoms with Crippen molar-refractivity contribution in [1.82, 2.24) is 9.78 Å². The fourth-order valence-electron chi connectivity index (χ4n) is 2.23. The van der Waals surface area contributed by atoms with Crippen molar-refractivity contribution in [3.63, 3.8) is 0 Å². The Morgan fingerprint density at radius 1 is 1.04 bits per heavy atom. The maximum atomic E-state index is 13.3. The second-order valence-electron chi connectivity index (χ2n) is 5.22. The number of halogens is 1. The van der Waals surface area contributed by atoms with Crippen molar-refractivity contribution < 1.29 is 9.18 Å². The van der Waals surface area contributed by atoms with Crippen molar-refractivity contribution >= 4 is 11.6 Å². The monoisotopic (exact) mass is 323 g/mol. The van der Waals surface area contributed by atoms with Gasteiger partial charge in [-0.1, -0.05) is 24.3 Å². The summed E-state index contributed by atoms with van der Waals surface area (Å²) in [5, 5.41) is 6.60. The first-order valence-corrected chi connectivity index (χ1v) is 7.25. The van der Waals surface area contributed by atoms with Crippen LogP contribution in [0.4, 0.5) is 10.1 Å². The Bertz CT molecular complexity index is 949. The van der Waals surface area contributed by atoms with Crippen LogP contribution in [0.15, 0.2) is 65.5 Å². The Morgan fingerprint density at radius 3 is 2.46 bits per heavy atom. The van der Waals surface area contributed by atoms with Crippen LogP contribution in [0, 0.1) is 5.82 Å². The van der Waals surface area contributed by atoms with Crippen molar-refractivity contribution in [3.8, 4) is 11.1 Å². The Hall–Kier alpha value is -3.28. The molecule has 1 aromatic heterocycles. The number of benzene rings is 2. The van der Waals surface area contributed by atoms with Gasteiger partial charge >= 0.3 is 0 Å². The quantitative estimate of drug-likeness (QED) is 0.806. The van der Waals surface area contributed by atoms with Gasteiger partial charge in [-0.3, -0.25) is 9.59 Å². The van der Waals surface area contributed by atoms with Crippen molar-refractivity contribution in [1.29, 1.82) is 0 Å². The van der Waals surface area contributed by atoms with Gasteiger partial charge in [0.1, 0.15) is 11.5 Å².